The maximum Gasteiger partial charge on any atom is 0.305 e. The number of aliphatic carboxylic acids is 1. The maximum absolute atomic E-state index is 12.4. The first kappa shape index (κ1) is 32.0. The Morgan fingerprint density at radius 1 is 1.10 bits per heavy atom. The molecule has 0 radical (unpaired) electrons. The second-order valence-electron chi connectivity index (χ2n) is 11.8. The first-order valence-corrected chi connectivity index (χ1v) is 14.6. The molecule has 2 aromatic rings. The second-order valence-corrected chi connectivity index (χ2v) is 12.2. The lowest BCUT2D eigenvalue weighted by molar-refractivity contribution is -0.136. The Morgan fingerprint density at radius 2 is 1.73 bits per heavy atom. The highest BCUT2D eigenvalue weighted by Crippen LogP contribution is 2.39. The molecule has 3 rings (SSSR count). The van der Waals surface area contributed by atoms with E-state index in [1.165, 1.54) is 0 Å². The van der Waals surface area contributed by atoms with E-state index < -0.39 is 5.97 Å². The number of nitrogens with zero attached hydrogens (tertiary/aromatic N) is 3. The fraction of sp³-hybridized carbons (Fsp3) is 0.500. The van der Waals surface area contributed by atoms with Gasteiger partial charge in [-0.05, 0) is 79.3 Å². The number of carboxylic acids is 1. The molecule has 0 aromatic heterocycles. The van der Waals surface area contributed by atoms with Gasteiger partial charge >= 0.3 is 5.97 Å². The van der Waals surface area contributed by atoms with Gasteiger partial charge in [0.2, 0.25) is 0 Å². The molecule has 8 nitrogen and oxygen atoms in total. The van der Waals surface area contributed by atoms with Crippen molar-refractivity contribution >= 4 is 29.4 Å². The Bertz CT molecular complexity index is 1220. The SMILES string of the molecule is CC(NC(=NCC#N)N(Cc1ccc(C(=O)NCCC(=O)O)cc1)C1CCC(C(C)(C)C)CC1)c1ccc(Cl)cc1. The van der Waals surface area contributed by atoms with E-state index in [0.29, 0.717) is 29.0 Å². The summed E-state index contributed by atoms with van der Waals surface area (Å²) < 4.78 is 0. The fourth-order valence-corrected chi connectivity index (χ4v) is 5.46. The molecule has 0 spiro atoms. The normalized spacial score (nSPS) is 18.2. The summed E-state index contributed by atoms with van der Waals surface area (Å²) in [5, 5.41) is 25.1. The number of guanidine groups is 1. The van der Waals surface area contributed by atoms with Crippen LogP contribution in [0.1, 0.15) is 87.3 Å². The molecule has 0 saturated heterocycles. The summed E-state index contributed by atoms with van der Waals surface area (Å²) in [5.41, 5.74) is 2.81. The molecule has 1 aliphatic rings. The number of nitrogens with one attached hydrogen (secondary N) is 2. The van der Waals surface area contributed by atoms with Gasteiger partial charge in [-0.1, -0.05) is 56.6 Å². The van der Waals surface area contributed by atoms with Crippen LogP contribution in [-0.4, -0.2) is 47.0 Å². The van der Waals surface area contributed by atoms with Crippen molar-refractivity contribution in [3.63, 3.8) is 0 Å². The standard InChI is InChI=1S/C32H42ClN5O3/c1-22(24-9-13-27(33)14-10-24)37-31(36-20-18-34)38(28-15-11-26(12-16-28)32(2,3)4)21-23-5-7-25(8-6-23)30(41)35-19-17-29(39)40/h5-10,13-14,22,26,28H,11-12,15-17,19-21H2,1-4H3,(H,35,41)(H,36,37)(H,39,40). The van der Waals surface area contributed by atoms with Crippen molar-refractivity contribution in [3.05, 3.63) is 70.2 Å². The van der Waals surface area contributed by atoms with Crippen LogP contribution in [0.15, 0.2) is 53.5 Å². The van der Waals surface area contributed by atoms with Crippen LogP contribution < -0.4 is 10.6 Å². The zero-order chi connectivity index (χ0) is 30.0. The monoisotopic (exact) mass is 579 g/mol. The van der Waals surface area contributed by atoms with E-state index in [4.69, 9.17) is 21.7 Å². The zero-order valence-corrected chi connectivity index (χ0v) is 25.2. The summed E-state index contributed by atoms with van der Waals surface area (Å²) in [6.45, 7) is 9.68. The van der Waals surface area contributed by atoms with E-state index in [1.807, 2.05) is 36.4 Å². The molecule has 1 aliphatic carbocycles. The van der Waals surface area contributed by atoms with Crippen LogP contribution in [0.3, 0.4) is 0 Å². The number of carboxylic acid groups (broad SMARTS) is 1. The first-order valence-electron chi connectivity index (χ1n) is 14.3. The van der Waals surface area contributed by atoms with Crippen molar-refractivity contribution < 1.29 is 14.7 Å². The molecular formula is C32H42ClN5O3. The average Bonchev–Trinajstić information content (AvgIpc) is 2.94. The van der Waals surface area contributed by atoms with Gasteiger partial charge in [0, 0.05) is 29.7 Å². The Labute approximate surface area is 248 Å². The molecule has 220 valence electrons. The smallest absolute Gasteiger partial charge is 0.305 e. The van der Waals surface area contributed by atoms with E-state index in [-0.39, 0.29) is 42.9 Å². The third kappa shape index (κ3) is 9.79. The van der Waals surface area contributed by atoms with Crippen molar-refractivity contribution in [2.45, 2.75) is 78.4 Å². The summed E-state index contributed by atoms with van der Waals surface area (Å²) >= 11 is 6.11. The first-order chi connectivity index (χ1) is 19.5. The minimum absolute atomic E-state index is 0.0406. The summed E-state index contributed by atoms with van der Waals surface area (Å²) in [4.78, 5) is 30.2. The summed E-state index contributed by atoms with van der Waals surface area (Å²) in [6, 6.07) is 17.4. The largest absolute Gasteiger partial charge is 0.481 e. The summed E-state index contributed by atoms with van der Waals surface area (Å²) in [6.07, 6.45) is 4.17. The average molecular weight is 580 g/mol. The summed E-state index contributed by atoms with van der Waals surface area (Å²) in [5.74, 6) is 0.0821. The molecule has 0 bridgehead atoms. The van der Waals surface area contributed by atoms with E-state index >= 15 is 0 Å². The highest BCUT2D eigenvalue weighted by atomic mass is 35.5. The minimum atomic E-state index is -0.954. The van der Waals surface area contributed by atoms with Gasteiger partial charge in [-0.25, -0.2) is 4.99 Å². The van der Waals surface area contributed by atoms with Gasteiger partial charge in [-0.15, -0.1) is 0 Å². The van der Waals surface area contributed by atoms with Crippen LogP contribution in [-0.2, 0) is 11.3 Å². The van der Waals surface area contributed by atoms with Gasteiger partial charge < -0.3 is 20.6 Å². The van der Waals surface area contributed by atoms with E-state index in [1.54, 1.807) is 12.1 Å². The zero-order valence-electron chi connectivity index (χ0n) is 24.5. The van der Waals surface area contributed by atoms with Crippen LogP contribution >= 0.6 is 11.6 Å². The van der Waals surface area contributed by atoms with Gasteiger partial charge in [0.25, 0.3) is 5.91 Å². The lowest BCUT2D eigenvalue weighted by atomic mass is 9.71. The lowest BCUT2D eigenvalue weighted by Crippen LogP contribution is -2.49. The van der Waals surface area contributed by atoms with Crippen molar-refractivity contribution in [1.29, 1.82) is 5.26 Å². The molecule has 1 amide bonds. The van der Waals surface area contributed by atoms with Crippen molar-refractivity contribution in [2.75, 3.05) is 13.1 Å². The maximum atomic E-state index is 12.4. The third-order valence-corrected chi connectivity index (χ3v) is 8.09. The number of halogens is 1. The van der Waals surface area contributed by atoms with Crippen LogP contribution in [0.5, 0.6) is 0 Å². The Morgan fingerprint density at radius 3 is 2.29 bits per heavy atom. The topological polar surface area (TPSA) is 118 Å². The van der Waals surface area contributed by atoms with Crippen LogP contribution in [0, 0.1) is 22.7 Å². The molecule has 1 atom stereocenters. The number of carbonyl (C=O) groups excluding carboxylic acids is 1. The number of nitriles is 1. The van der Waals surface area contributed by atoms with Gasteiger partial charge in [-0.3, -0.25) is 9.59 Å². The second kappa shape index (κ2) is 14.9. The number of rotatable bonds is 10. The molecule has 1 saturated carbocycles. The highest BCUT2D eigenvalue weighted by Gasteiger charge is 2.33. The minimum Gasteiger partial charge on any atom is -0.481 e. The summed E-state index contributed by atoms with van der Waals surface area (Å²) in [7, 11) is 0. The molecule has 2 aromatic carbocycles. The quantitative estimate of drug-likeness (QED) is 0.176. The Kier molecular flexibility index (Phi) is 11.6. The molecule has 3 N–H and O–H groups in total. The fourth-order valence-electron chi connectivity index (χ4n) is 5.33. The number of amides is 1. The molecular weight excluding hydrogens is 538 g/mol. The molecule has 0 heterocycles. The third-order valence-electron chi connectivity index (χ3n) is 7.84. The lowest BCUT2D eigenvalue weighted by Gasteiger charge is -2.42. The van der Waals surface area contributed by atoms with Gasteiger partial charge in [-0.2, -0.15) is 5.26 Å². The van der Waals surface area contributed by atoms with Gasteiger partial charge in [0.15, 0.2) is 5.96 Å². The van der Waals surface area contributed by atoms with Gasteiger partial charge in [0.1, 0.15) is 6.54 Å². The number of benzene rings is 2. The Balaban J connectivity index is 1.84. The number of carbonyl (C=O) groups is 2. The highest BCUT2D eigenvalue weighted by molar-refractivity contribution is 6.30. The predicted molar refractivity (Wildman–Crippen MR) is 163 cm³/mol. The molecule has 1 unspecified atom stereocenters. The van der Waals surface area contributed by atoms with E-state index in [2.05, 4.69) is 49.3 Å². The molecule has 1 fully saturated rings. The number of hydrogen-bond acceptors (Lipinski definition) is 4. The van der Waals surface area contributed by atoms with E-state index in [0.717, 1.165) is 36.8 Å². The van der Waals surface area contributed by atoms with Crippen molar-refractivity contribution in [2.24, 2.45) is 16.3 Å². The Hall–Kier alpha value is -3.57. The van der Waals surface area contributed by atoms with Crippen molar-refractivity contribution in [3.8, 4) is 6.07 Å². The predicted octanol–water partition coefficient (Wildman–Crippen LogP) is 6.18. The molecule has 9 heteroatoms. The van der Waals surface area contributed by atoms with Crippen molar-refractivity contribution in [1.82, 2.24) is 15.5 Å². The van der Waals surface area contributed by atoms with Crippen LogP contribution in [0.2, 0.25) is 5.02 Å². The van der Waals surface area contributed by atoms with Crippen LogP contribution in [0.25, 0.3) is 0 Å². The van der Waals surface area contributed by atoms with E-state index in [9.17, 15) is 14.9 Å². The molecule has 41 heavy (non-hydrogen) atoms. The van der Waals surface area contributed by atoms with Gasteiger partial charge in [0.05, 0.1) is 18.5 Å². The molecule has 0 aliphatic heterocycles. The van der Waals surface area contributed by atoms with Crippen LogP contribution in [0.4, 0.5) is 0 Å². The number of aliphatic imine (C=N–C) groups is 1. The number of hydrogen-bond donors (Lipinski definition) is 3.